The minimum absolute atomic E-state index is 0.125. The molecule has 186 valence electrons. The molecule has 0 bridgehead atoms. The summed E-state index contributed by atoms with van der Waals surface area (Å²) in [7, 11) is 0. The van der Waals surface area contributed by atoms with E-state index >= 15 is 0 Å². The molecule has 0 saturated carbocycles. The SMILES string of the molecule is OCC(O)[C@@]1(O)COC2[C@H](Oc3nc4nc(-c5ccc(-c6ccccc6)cc5)c(Cl)cc4[nH]3)CO[C@@H]21. The molecule has 0 spiro atoms. The summed E-state index contributed by atoms with van der Waals surface area (Å²) in [5, 5.41) is 30.5. The molecule has 0 aliphatic carbocycles. The first kappa shape index (κ1) is 23.4. The van der Waals surface area contributed by atoms with Crippen LogP contribution in [0.3, 0.4) is 0 Å². The van der Waals surface area contributed by atoms with Gasteiger partial charge in [0.2, 0.25) is 0 Å². The normalized spacial score (nSPS) is 26.3. The van der Waals surface area contributed by atoms with E-state index in [1.54, 1.807) is 6.07 Å². The molecule has 36 heavy (non-hydrogen) atoms. The summed E-state index contributed by atoms with van der Waals surface area (Å²) in [6.45, 7) is -0.654. The van der Waals surface area contributed by atoms with Gasteiger partial charge in [-0.25, -0.2) is 4.98 Å². The molecule has 0 radical (unpaired) electrons. The topological polar surface area (TPSA) is 130 Å². The Hall–Kier alpha value is -3.05. The van der Waals surface area contributed by atoms with Gasteiger partial charge in [-0.15, -0.1) is 0 Å². The molecule has 2 aromatic heterocycles. The van der Waals surface area contributed by atoms with Gasteiger partial charge in [-0.2, -0.15) is 4.98 Å². The van der Waals surface area contributed by atoms with Crippen molar-refractivity contribution in [3.05, 3.63) is 65.7 Å². The molecule has 2 fully saturated rings. The van der Waals surface area contributed by atoms with Crippen molar-refractivity contribution in [3.8, 4) is 28.4 Å². The zero-order valence-electron chi connectivity index (χ0n) is 19.0. The lowest BCUT2D eigenvalue weighted by atomic mass is 9.90. The fourth-order valence-corrected chi connectivity index (χ4v) is 5.07. The fourth-order valence-electron chi connectivity index (χ4n) is 4.81. The van der Waals surface area contributed by atoms with Gasteiger partial charge in [-0.1, -0.05) is 66.2 Å². The number of hydrogen-bond donors (Lipinski definition) is 4. The van der Waals surface area contributed by atoms with Crippen LogP contribution in [-0.4, -0.2) is 80.1 Å². The number of fused-ring (bicyclic) bond motifs is 2. The van der Waals surface area contributed by atoms with Crippen LogP contribution in [0.15, 0.2) is 60.7 Å². The van der Waals surface area contributed by atoms with Crippen LogP contribution in [0, 0.1) is 0 Å². The molecule has 6 rings (SSSR count). The average molecular weight is 510 g/mol. The molecule has 0 amide bonds. The standard InChI is InChI=1S/C26H24ClN3O6/c27-17-10-18-24(29-21(17)16-8-6-15(7-9-16)14-4-2-1-3-5-14)30-25(28-18)36-19-12-34-23-22(19)35-13-26(23,33)20(32)11-31/h1-10,19-20,22-23,31-33H,11-13H2,(H,28,29,30)/t19-,20?,22?,23+,26+/m1/s1. The Morgan fingerprint density at radius 3 is 2.53 bits per heavy atom. The van der Waals surface area contributed by atoms with E-state index in [0.29, 0.717) is 21.9 Å². The number of nitrogens with zero attached hydrogens (tertiary/aromatic N) is 2. The molecular weight excluding hydrogens is 486 g/mol. The summed E-state index contributed by atoms with van der Waals surface area (Å²) in [5.74, 6) is 0. The van der Waals surface area contributed by atoms with E-state index in [9.17, 15) is 15.3 Å². The zero-order chi connectivity index (χ0) is 24.9. The average Bonchev–Trinajstić information content (AvgIpc) is 3.59. The minimum atomic E-state index is -1.70. The summed E-state index contributed by atoms with van der Waals surface area (Å²) in [4.78, 5) is 12.2. The Balaban J connectivity index is 1.22. The number of aliphatic hydroxyl groups excluding tert-OH is 2. The maximum atomic E-state index is 10.7. The van der Waals surface area contributed by atoms with Crippen LogP contribution in [0.25, 0.3) is 33.5 Å². The van der Waals surface area contributed by atoms with E-state index < -0.39 is 36.6 Å². The van der Waals surface area contributed by atoms with Gasteiger partial charge in [0.05, 0.1) is 36.1 Å². The number of aromatic amines is 1. The number of aliphatic hydroxyl groups is 3. The van der Waals surface area contributed by atoms with Crippen LogP contribution in [0.1, 0.15) is 0 Å². The van der Waals surface area contributed by atoms with Crippen LogP contribution in [0.2, 0.25) is 5.02 Å². The molecule has 2 aliphatic heterocycles. The van der Waals surface area contributed by atoms with Gasteiger partial charge >= 0.3 is 0 Å². The van der Waals surface area contributed by atoms with Crippen LogP contribution in [0.4, 0.5) is 0 Å². The molecular formula is C26H24ClN3O6. The highest BCUT2D eigenvalue weighted by Crippen LogP contribution is 2.38. The van der Waals surface area contributed by atoms with E-state index in [2.05, 4.69) is 27.1 Å². The van der Waals surface area contributed by atoms with Crippen molar-refractivity contribution in [2.24, 2.45) is 0 Å². The molecule has 2 saturated heterocycles. The van der Waals surface area contributed by atoms with Gasteiger partial charge in [-0.3, -0.25) is 0 Å². The van der Waals surface area contributed by atoms with Gasteiger partial charge in [0.25, 0.3) is 6.01 Å². The van der Waals surface area contributed by atoms with Crippen molar-refractivity contribution in [1.82, 2.24) is 15.0 Å². The number of halogens is 1. The minimum Gasteiger partial charge on any atom is -0.456 e. The predicted octanol–water partition coefficient (Wildman–Crippen LogP) is 2.57. The quantitative estimate of drug-likeness (QED) is 0.312. The summed E-state index contributed by atoms with van der Waals surface area (Å²) in [5.41, 5.74) is 3.03. The van der Waals surface area contributed by atoms with E-state index in [1.807, 2.05) is 42.5 Å². The Kier molecular flexibility index (Phi) is 5.91. The number of aromatic nitrogens is 3. The van der Waals surface area contributed by atoms with Crippen molar-refractivity contribution < 1.29 is 29.5 Å². The number of nitrogens with one attached hydrogen (secondary N) is 1. The highest BCUT2D eigenvalue weighted by molar-refractivity contribution is 6.33. The van der Waals surface area contributed by atoms with Crippen molar-refractivity contribution >= 4 is 22.8 Å². The Morgan fingerprint density at radius 2 is 1.78 bits per heavy atom. The molecule has 4 heterocycles. The molecule has 9 nitrogen and oxygen atoms in total. The van der Waals surface area contributed by atoms with Gasteiger partial charge in [0.1, 0.15) is 23.9 Å². The van der Waals surface area contributed by atoms with Gasteiger partial charge in [0, 0.05) is 5.56 Å². The number of pyridine rings is 1. The monoisotopic (exact) mass is 509 g/mol. The number of rotatable bonds is 6. The van der Waals surface area contributed by atoms with E-state index in [-0.39, 0.29) is 19.2 Å². The first-order valence-corrected chi connectivity index (χ1v) is 12.0. The predicted molar refractivity (Wildman–Crippen MR) is 132 cm³/mol. The van der Waals surface area contributed by atoms with Gasteiger partial charge < -0.3 is 34.5 Å². The summed E-state index contributed by atoms with van der Waals surface area (Å²) >= 11 is 6.56. The lowest BCUT2D eigenvalue weighted by Gasteiger charge is -2.30. The van der Waals surface area contributed by atoms with E-state index in [4.69, 9.17) is 25.8 Å². The number of benzene rings is 2. The second-order valence-electron chi connectivity index (χ2n) is 9.05. The third kappa shape index (κ3) is 3.94. The van der Waals surface area contributed by atoms with E-state index in [1.165, 1.54) is 0 Å². The fraction of sp³-hybridized carbons (Fsp3) is 0.308. The first-order chi connectivity index (χ1) is 17.5. The molecule has 10 heteroatoms. The molecule has 2 unspecified atom stereocenters. The number of imidazole rings is 1. The van der Waals surface area contributed by atoms with Crippen LogP contribution < -0.4 is 4.74 Å². The first-order valence-electron chi connectivity index (χ1n) is 11.6. The smallest absolute Gasteiger partial charge is 0.296 e. The summed E-state index contributed by atoms with van der Waals surface area (Å²) < 4.78 is 17.3. The van der Waals surface area contributed by atoms with Crippen molar-refractivity contribution in [1.29, 1.82) is 0 Å². The van der Waals surface area contributed by atoms with Crippen LogP contribution in [-0.2, 0) is 9.47 Å². The van der Waals surface area contributed by atoms with Crippen LogP contribution in [0.5, 0.6) is 6.01 Å². The second-order valence-corrected chi connectivity index (χ2v) is 9.46. The summed E-state index contributed by atoms with van der Waals surface area (Å²) in [6, 6.07) is 20.1. The second kappa shape index (κ2) is 9.11. The Morgan fingerprint density at radius 1 is 1.06 bits per heavy atom. The Labute approximate surface area is 211 Å². The van der Waals surface area contributed by atoms with Crippen molar-refractivity contribution in [2.75, 3.05) is 19.8 Å². The lowest BCUT2D eigenvalue weighted by molar-refractivity contribution is -0.147. The number of H-pyrrole nitrogens is 1. The van der Waals surface area contributed by atoms with Crippen molar-refractivity contribution in [2.45, 2.75) is 30.0 Å². The third-order valence-electron chi connectivity index (χ3n) is 6.79. The number of hydrogen-bond acceptors (Lipinski definition) is 8. The number of ether oxygens (including phenoxy) is 3. The van der Waals surface area contributed by atoms with Crippen LogP contribution >= 0.6 is 11.6 Å². The zero-order valence-corrected chi connectivity index (χ0v) is 19.8. The van der Waals surface area contributed by atoms with Gasteiger partial charge in [-0.05, 0) is 17.2 Å². The lowest BCUT2D eigenvalue weighted by Crippen LogP contribution is -2.54. The molecule has 4 N–H and O–H groups in total. The maximum absolute atomic E-state index is 10.7. The van der Waals surface area contributed by atoms with E-state index in [0.717, 1.165) is 16.7 Å². The summed E-state index contributed by atoms with van der Waals surface area (Å²) in [6.07, 6.45) is -3.41. The highest BCUT2D eigenvalue weighted by atomic mass is 35.5. The molecule has 2 aliphatic rings. The highest BCUT2D eigenvalue weighted by Gasteiger charge is 2.60. The van der Waals surface area contributed by atoms with Crippen molar-refractivity contribution in [3.63, 3.8) is 0 Å². The maximum Gasteiger partial charge on any atom is 0.296 e. The molecule has 2 aromatic carbocycles. The third-order valence-corrected chi connectivity index (χ3v) is 7.08. The Bertz CT molecular complexity index is 1380. The van der Waals surface area contributed by atoms with Gasteiger partial charge in [0.15, 0.2) is 11.8 Å². The largest absolute Gasteiger partial charge is 0.456 e. The molecule has 5 atom stereocenters. The molecule has 4 aromatic rings.